The number of H-pyrrole nitrogens is 1. The number of pyridine rings is 1. The van der Waals surface area contributed by atoms with Gasteiger partial charge in [0.15, 0.2) is 0 Å². The number of aromatic nitrogens is 2. The van der Waals surface area contributed by atoms with Gasteiger partial charge in [0.25, 0.3) is 5.91 Å². The van der Waals surface area contributed by atoms with Crippen molar-refractivity contribution in [3.05, 3.63) is 66.5 Å². The number of hydrogen-bond donors (Lipinski definition) is 2. The largest absolute Gasteiger partial charge is 0.496 e. The van der Waals surface area contributed by atoms with Crippen LogP contribution in [0.15, 0.2) is 60.9 Å². The summed E-state index contributed by atoms with van der Waals surface area (Å²) in [6.45, 7) is 3.83. The second kappa shape index (κ2) is 12.0. The second-order valence-corrected chi connectivity index (χ2v) is 9.80. The summed E-state index contributed by atoms with van der Waals surface area (Å²) < 4.78 is 5.58. The summed E-state index contributed by atoms with van der Waals surface area (Å²) in [6.07, 6.45) is 3.71. The van der Waals surface area contributed by atoms with Crippen LogP contribution in [0.4, 0.5) is 10.5 Å². The highest BCUT2D eigenvalue weighted by Crippen LogP contribution is 2.36. The molecule has 0 aliphatic heterocycles. The zero-order valence-corrected chi connectivity index (χ0v) is 23.4. The number of aromatic amines is 1. The van der Waals surface area contributed by atoms with Crippen LogP contribution in [0.25, 0.3) is 33.3 Å². The van der Waals surface area contributed by atoms with E-state index in [1.165, 1.54) is 4.90 Å². The first-order valence-electron chi connectivity index (χ1n) is 12.9. The number of nitrogens with one attached hydrogen (secondary N) is 2. The molecule has 2 aromatic carbocycles. The highest BCUT2D eigenvalue weighted by Gasteiger charge is 2.20. The van der Waals surface area contributed by atoms with Crippen molar-refractivity contribution in [2.45, 2.75) is 6.92 Å². The molecule has 39 heavy (non-hydrogen) atoms. The van der Waals surface area contributed by atoms with Gasteiger partial charge in [-0.2, -0.15) is 0 Å². The lowest BCUT2D eigenvalue weighted by Gasteiger charge is -2.24. The maximum atomic E-state index is 13.2. The molecular weight excluding hydrogens is 492 g/mol. The number of hydrogen-bond acceptors (Lipinski definition) is 5. The lowest BCUT2D eigenvalue weighted by Crippen LogP contribution is -2.39. The Labute approximate surface area is 229 Å². The molecule has 9 heteroatoms. The summed E-state index contributed by atoms with van der Waals surface area (Å²) in [5, 5.41) is 3.89. The van der Waals surface area contributed by atoms with Crippen LogP contribution in [0.2, 0.25) is 0 Å². The Morgan fingerprint density at radius 1 is 0.974 bits per heavy atom. The first kappa shape index (κ1) is 27.7. The first-order chi connectivity index (χ1) is 18.7. The summed E-state index contributed by atoms with van der Waals surface area (Å²) >= 11 is 0. The molecule has 4 rings (SSSR count). The van der Waals surface area contributed by atoms with E-state index in [1.54, 1.807) is 38.4 Å². The average Bonchev–Trinajstić information content (AvgIpc) is 3.36. The van der Waals surface area contributed by atoms with E-state index >= 15 is 0 Å². The molecule has 4 aromatic rings. The summed E-state index contributed by atoms with van der Waals surface area (Å²) in [4.78, 5) is 39.4. The molecule has 0 saturated carbocycles. The molecule has 3 amide bonds. The van der Waals surface area contributed by atoms with Crippen LogP contribution in [-0.2, 0) is 0 Å². The number of amides is 3. The van der Waals surface area contributed by atoms with Crippen molar-refractivity contribution in [2.75, 3.05) is 60.3 Å². The minimum Gasteiger partial charge on any atom is -0.496 e. The number of carbonyl (C=O) groups is 2. The van der Waals surface area contributed by atoms with E-state index in [0.717, 1.165) is 45.6 Å². The van der Waals surface area contributed by atoms with Crippen molar-refractivity contribution in [1.82, 2.24) is 24.7 Å². The normalized spacial score (nSPS) is 11.1. The summed E-state index contributed by atoms with van der Waals surface area (Å²) in [5.41, 5.74) is 5.24. The van der Waals surface area contributed by atoms with Gasteiger partial charge in [-0.3, -0.25) is 4.79 Å². The maximum Gasteiger partial charge on any atom is 0.321 e. The molecule has 0 spiro atoms. The van der Waals surface area contributed by atoms with E-state index in [1.807, 2.05) is 68.5 Å². The SMILES string of the molecule is CCN(CCN(C)C)C(=O)Nc1ccc(-c2cnc3[nH]cc(-c4ccccc4OC)c3c2)cc1C(=O)N(C)C. The van der Waals surface area contributed by atoms with Crippen molar-refractivity contribution in [3.8, 4) is 28.0 Å². The van der Waals surface area contributed by atoms with Gasteiger partial charge in [0, 0.05) is 68.2 Å². The zero-order chi connectivity index (χ0) is 28.1. The van der Waals surface area contributed by atoms with E-state index in [2.05, 4.69) is 21.4 Å². The monoisotopic (exact) mass is 528 g/mol. The van der Waals surface area contributed by atoms with E-state index in [4.69, 9.17) is 4.74 Å². The highest BCUT2D eigenvalue weighted by molar-refractivity contribution is 6.05. The molecule has 2 N–H and O–H groups in total. The molecule has 0 aliphatic carbocycles. The third-order valence-corrected chi connectivity index (χ3v) is 6.65. The molecular formula is C30H36N6O3. The number of para-hydroxylation sites is 1. The van der Waals surface area contributed by atoms with Crippen LogP contribution in [-0.4, -0.2) is 91.5 Å². The van der Waals surface area contributed by atoms with Gasteiger partial charge in [0.1, 0.15) is 11.4 Å². The maximum absolute atomic E-state index is 13.2. The Morgan fingerprint density at radius 2 is 1.74 bits per heavy atom. The van der Waals surface area contributed by atoms with Crippen LogP contribution < -0.4 is 10.1 Å². The molecule has 0 unspecified atom stereocenters. The van der Waals surface area contributed by atoms with Crippen LogP contribution in [0.1, 0.15) is 17.3 Å². The van der Waals surface area contributed by atoms with Crippen molar-refractivity contribution in [3.63, 3.8) is 0 Å². The molecule has 2 aromatic heterocycles. The number of anilines is 1. The quantitative estimate of drug-likeness (QED) is 0.318. The summed E-state index contributed by atoms with van der Waals surface area (Å²) in [6, 6.07) is 15.2. The van der Waals surface area contributed by atoms with Gasteiger partial charge in [0.05, 0.1) is 18.4 Å². The van der Waals surface area contributed by atoms with Gasteiger partial charge in [-0.1, -0.05) is 24.3 Å². The lowest BCUT2D eigenvalue weighted by atomic mass is 9.99. The predicted molar refractivity (Wildman–Crippen MR) is 156 cm³/mol. The number of methoxy groups -OCH3 is 1. The number of rotatable bonds is 9. The topological polar surface area (TPSA) is 93.8 Å². The van der Waals surface area contributed by atoms with Crippen molar-refractivity contribution < 1.29 is 14.3 Å². The number of carbonyl (C=O) groups excluding carboxylic acids is 2. The van der Waals surface area contributed by atoms with E-state index in [-0.39, 0.29) is 11.9 Å². The number of urea groups is 1. The van der Waals surface area contributed by atoms with Gasteiger partial charge in [-0.15, -0.1) is 0 Å². The Kier molecular flexibility index (Phi) is 8.51. The average molecular weight is 529 g/mol. The van der Waals surface area contributed by atoms with Crippen molar-refractivity contribution in [1.29, 1.82) is 0 Å². The standard InChI is InChI=1S/C30H36N6O3/c1-7-36(15-14-34(2)3)30(38)33-26-13-12-20(16-24(26)29(37)35(4)5)21-17-23-25(19-32-28(23)31-18-21)22-10-8-9-11-27(22)39-6/h8-13,16-19H,7,14-15H2,1-6H3,(H,31,32)(H,33,38). The number of likely N-dealkylation sites (N-methyl/N-ethyl adjacent to an activating group) is 2. The zero-order valence-electron chi connectivity index (χ0n) is 23.4. The third-order valence-electron chi connectivity index (χ3n) is 6.65. The van der Waals surface area contributed by atoms with Crippen LogP contribution in [0, 0.1) is 0 Å². The van der Waals surface area contributed by atoms with Gasteiger partial charge in [0.2, 0.25) is 0 Å². The first-order valence-corrected chi connectivity index (χ1v) is 12.9. The molecule has 0 bridgehead atoms. The van der Waals surface area contributed by atoms with Gasteiger partial charge in [-0.05, 0) is 50.8 Å². The van der Waals surface area contributed by atoms with Crippen LogP contribution in [0.3, 0.4) is 0 Å². The minimum atomic E-state index is -0.239. The van der Waals surface area contributed by atoms with E-state index in [0.29, 0.717) is 24.3 Å². The fraction of sp³-hybridized carbons (Fsp3) is 0.300. The van der Waals surface area contributed by atoms with E-state index in [9.17, 15) is 9.59 Å². The molecule has 204 valence electrons. The fourth-order valence-electron chi connectivity index (χ4n) is 4.42. The molecule has 9 nitrogen and oxygen atoms in total. The summed E-state index contributed by atoms with van der Waals surface area (Å²) in [7, 11) is 8.99. The molecule has 2 heterocycles. The molecule has 0 atom stereocenters. The number of benzene rings is 2. The molecule has 0 saturated heterocycles. The van der Waals surface area contributed by atoms with E-state index < -0.39 is 0 Å². The van der Waals surface area contributed by atoms with Crippen LogP contribution >= 0.6 is 0 Å². The lowest BCUT2D eigenvalue weighted by molar-refractivity contribution is 0.0828. The Balaban J connectivity index is 1.72. The fourth-order valence-corrected chi connectivity index (χ4v) is 4.42. The minimum absolute atomic E-state index is 0.200. The Morgan fingerprint density at radius 3 is 2.44 bits per heavy atom. The van der Waals surface area contributed by atoms with Crippen molar-refractivity contribution >= 4 is 28.7 Å². The highest BCUT2D eigenvalue weighted by atomic mass is 16.5. The smallest absolute Gasteiger partial charge is 0.321 e. The number of ether oxygens (including phenoxy) is 1. The van der Waals surface area contributed by atoms with Gasteiger partial charge < -0.3 is 29.7 Å². The molecule has 0 radical (unpaired) electrons. The van der Waals surface area contributed by atoms with Crippen molar-refractivity contribution in [2.24, 2.45) is 0 Å². The molecule has 0 fully saturated rings. The Hall–Kier alpha value is -4.37. The molecule has 0 aliphatic rings. The van der Waals surface area contributed by atoms with Crippen LogP contribution in [0.5, 0.6) is 5.75 Å². The van der Waals surface area contributed by atoms with Gasteiger partial charge in [-0.25, -0.2) is 9.78 Å². The third kappa shape index (κ3) is 6.04. The number of nitrogens with zero attached hydrogens (tertiary/aromatic N) is 4. The number of fused-ring (bicyclic) bond motifs is 1. The summed E-state index contributed by atoms with van der Waals surface area (Å²) in [5.74, 6) is 0.573. The second-order valence-electron chi connectivity index (χ2n) is 9.80. The van der Waals surface area contributed by atoms with Gasteiger partial charge >= 0.3 is 6.03 Å². The predicted octanol–water partition coefficient (Wildman–Crippen LogP) is 5.02. The Bertz CT molecular complexity index is 1480.